The molecular weight excluding hydrogens is 200 g/mol. The molecule has 16 heavy (non-hydrogen) atoms. The van der Waals surface area contributed by atoms with Gasteiger partial charge in [0.1, 0.15) is 0 Å². The van der Waals surface area contributed by atoms with Gasteiger partial charge in [0.25, 0.3) is 0 Å². The minimum atomic E-state index is -0.370. The smallest absolute Gasteiger partial charge is 0.227 e. The highest BCUT2D eigenvalue weighted by atomic mass is 16.2. The molecule has 0 bridgehead atoms. The average Bonchev–Trinajstić information content (AvgIpc) is 2.19. The fourth-order valence-corrected chi connectivity index (χ4v) is 2.10. The van der Waals surface area contributed by atoms with Crippen LogP contribution in [0.15, 0.2) is 0 Å². The quantitative estimate of drug-likeness (QED) is 0.702. The Balaban J connectivity index is 4.42. The van der Waals surface area contributed by atoms with Crippen LogP contribution >= 0.6 is 0 Å². The number of nitrogens with two attached hydrogens (primary N) is 1. The summed E-state index contributed by atoms with van der Waals surface area (Å²) in [5, 5.41) is 3.09. The summed E-state index contributed by atoms with van der Waals surface area (Å²) in [5.74, 6) is 0.721. The van der Waals surface area contributed by atoms with Gasteiger partial charge in [-0.25, -0.2) is 0 Å². The van der Waals surface area contributed by atoms with Crippen LogP contribution in [0.5, 0.6) is 0 Å². The van der Waals surface area contributed by atoms with E-state index in [9.17, 15) is 4.79 Å². The van der Waals surface area contributed by atoms with Gasteiger partial charge in [-0.1, -0.05) is 27.7 Å². The number of rotatable bonds is 7. The fraction of sp³-hybridized carbons (Fsp3) is 0.923. The summed E-state index contributed by atoms with van der Waals surface area (Å²) < 4.78 is 0. The predicted octanol–water partition coefficient (Wildman–Crippen LogP) is 2.30. The van der Waals surface area contributed by atoms with Crippen molar-refractivity contribution in [1.29, 1.82) is 0 Å². The maximum Gasteiger partial charge on any atom is 0.227 e. The van der Waals surface area contributed by atoms with Crippen molar-refractivity contribution >= 4 is 5.91 Å². The highest BCUT2D eigenvalue weighted by molar-refractivity contribution is 5.83. The lowest BCUT2D eigenvalue weighted by Crippen LogP contribution is -2.48. The van der Waals surface area contributed by atoms with Gasteiger partial charge >= 0.3 is 0 Å². The molecule has 96 valence electrons. The van der Waals surface area contributed by atoms with E-state index in [0.29, 0.717) is 12.5 Å². The lowest BCUT2D eigenvalue weighted by atomic mass is 9.81. The normalized spacial score (nSPS) is 13.9. The van der Waals surface area contributed by atoms with E-state index in [2.05, 4.69) is 26.1 Å². The number of hydrogen-bond donors (Lipinski definition) is 2. The van der Waals surface area contributed by atoms with Crippen molar-refractivity contribution in [3.8, 4) is 0 Å². The summed E-state index contributed by atoms with van der Waals surface area (Å²) in [4.78, 5) is 12.2. The zero-order chi connectivity index (χ0) is 12.8. The van der Waals surface area contributed by atoms with E-state index in [1.54, 1.807) is 0 Å². The molecule has 0 fully saturated rings. The van der Waals surface area contributed by atoms with Gasteiger partial charge in [-0.3, -0.25) is 4.79 Å². The Bertz CT molecular complexity index is 202. The molecule has 1 unspecified atom stereocenters. The van der Waals surface area contributed by atoms with Crippen molar-refractivity contribution < 1.29 is 4.79 Å². The Morgan fingerprint density at radius 1 is 1.25 bits per heavy atom. The molecule has 0 aromatic rings. The first-order valence-corrected chi connectivity index (χ1v) is 6.42. The molecule has 0 aromatic carbocycles. The van der Waals surface area contributed by atoms with Crippen LogP contribution in [0, 0.1) is 11.3 Å². The molecule has 0 aliphatic rings. The van der Waals surface area contributed by atoms with E-state index < -0.39 is 0 Å². The van der Waals surface area contributed by atoms with Gasteiger partial charge < -0.3 is 11.1 Å². The molecule has 3 nitrogen and oxygen atoms in total. The van der Waals surface area contributed by atoms with Crippen LogP contribution < -0.4 is 11.1 Å². The second kappa shape index (κ2) is 6.89. The second-order valence-corrected chi connectivity index (χ2v) is 5.20. The van der Waals surface area contributed by atoms with Crippen molar-refractivity contribution in [3.63, 3.8) is 0 Å². The molecule has 1 atom stereocenters. The summed E-state index contributed by atoms with van der Waals surface area (Å²) >= 11 is 0. The van der Waals surface area contributed by atoms with E-state index in [0.717, 1.165) is 19.3 Å². The van der Waals surface area contributed by atoms with E-state index >= 15 is 0 Å². The van der Waals surface area contributed by atoms with Crippen molar-refractivity contribution in [2.75, 3.05) is 6.54 Å². The SMILES string of the molecule is CCC(CC)(CN)C(=O)NC(C)CC(C)C. The van der Waals surface area contributed by atoms with Gasteiger partial charge in [0, 0.05) is 12.6 Å². The zero-order valence-electron chi connectivity index (χ0n) is 11.5. The lowest BCUT2D eigenvalue weighted by Gasteiger charge is -2.30. The Kier molecular flexibility index (Phi) is 6.65. The summed E-state index contributed by atoms with van der Waals surface area (Å²) in [6.07, 6.45) is 2.63. The summed E-state index contributed by atoms with van der Waals surface area (Å²) in [7, 11) is 0. The second-order valence-electron chi connectivity index (χ2n) is 5.20. The Morgan fingerprint density at radius 3 is 2.06 bits per heavy atom. The Morgan fingerprint density at radius 2 is 1.75 bits per heavy atom. The molecule has 1 amide bonds. The number of nitrogens with one attached hydrogen (secondary N) is 1. The first-order valence-electron chi connectivity index (χ1n) is 6.42. The molecule has 0 aliphatic heterocycles. The summed E-state index contributed by atoms with van der Waals surface area (Å²) in [6, 6.07) is 0.233. The van der Waals surface area contributed by atoms with Crippen LogP contribution in [0.1, 0.15) is 53.9 Å². The first-order chi connectivity index (χ1) is 7.41. The largest absolute Gasteiger partial charge is 0.353 e. The third kappa shape index (κ3) is 4.12. The maximum atomic E-state index is 12.2. The monoisotopic (exact) mass is 228 g/mol. The van der Waals surface area contributed by atoms with Crippen LogP contribution in [0.3, 0.4) is 0 Å². The van der Waals surface area contributed by atoms with Crippen molar-refractivity contribution in [2.45, 2.75) is 59.9 Å². The average molecular weight is 228 g/mol. The number of hydrogen-bond acceptors (Lipinski definition) is 2. The van der Waals surface area contributed by atoms with Crippen LogP contribution in [-0.4, -0.2) is 18.5 Å². The van der Waals surface area contributed by atoms with Crippen molar-refractivity contribution in [1.82, 2.24) is 5.32 Å². The van der Waals surface area contributed by atoms with Crippen LogP contribution in [0.4, 0.5) is 0 Å². The molecule has 0 radical (unpaired) electrons. The van der Waals surface area contributed by atoms with Crippen molar-refractivity contribution in [2.24, 2.45) is 17.1 Å². The first kappa shape index (κ1) is 15.4. The van der Waals surface area contributed by atoms with Gasteiger partial charge in [-0.05, 0) is 32.1 Å². The number of carbonyl (C=O) groups excluding carboxylic acids is 1. The molecule has 0 aliphatic carbocycles. The molecule has 0 saturated heterocycles. The minimum absolute atomic E-state index is 0.119. The summed E-state index contributed by atoms with van der Waals surface area (Å²) in [5.41, 5.74) is 5.38. The molecule has 0 spiro atoms. The molecule has 0 rings (SSSR count). The van der Waals surface area contributed by atoms with E-state index in [4.69, 9.17) is 5.73 Å². The maximum absolute atomic E-state index is 12.2. The van der Waals surface area contributed by atoms with E-state index in [-0.39, 0.29) is 17.4 Å². The third-order valence-corrected chi connectivity index (χ3v) is 3.43. The molecule has 0 saturated carbocycles. The van der Waals surface area contributed by atoms with Crippen molar-refractivity contribution in [3.05, 3.63) is 0 Å². The molecule has 0 heterocycles. The van der Waals surface area contributed by atoms with Gasteiger partial charge in [-0.2, -0.15) is 0 Å². The van der Waals surface area contributed by atoms with Gasteiger partial charge in [0.2, 0.25) is 5.91 Å². The minimum Gasteiger partial charge on any atom is -0.353 e. The van der Waals surface area contributed by atoms with E-state index in [1.165, 1.54) is 0 Å². The lowest BCUT2D eigenvalue weighted by molar-refractivity contribution is -0.131. The topological polar surface area (TPSA) is 55.1 Å². The van der Waals surface area contributed by atoms with Crippen LogP contribution in [0.25, 0.3) is 0 Å². The highest BCUT2D eigenvalue weighted by Crippen LogP contribution is 2.25. The van der Waals surface area contributed by atoms with Crippen LogP contribution in [-0.2, 0) is 4.79 Å². The molecule has 3 N–H and O–H groups in total. The number of carbonyl (C=O) groups is 1. The van der Waals surface area contributed by atoms with E-state index in [1.807, 2.05) is 13.8 Å². The zero-order valence-corrected chi connectivity index (χ0v) is 11.5. The molecular formula is C13H28N2O. The standard InChI is InChI=1S/C13H28N2O/c1-6-13(7-2,9-14)12(16)15-11(5)8-10(3)4/h10-11H,6-9,14H2,1-5H3,(H,15,16). The molecule has 3 heteroatoms. The van der Waals surface area contributed by atoms with Gasteiger partial charge in [0.05, 0.1) is 5.41 Å². The van der Waals surface area contributed by atoms with Gasteiger partial charge in [0.15, 0.2) is 0 Å². The molecule has 0 aromatic heterocycles. The fourth-order valence-electron chi connectivity index (χ4n) is 2.10. The predicted molar refractivity (Wildman–Crippen MR) is 69.1 cm³/mol. The Hall–Kier alpha value is -0.570. The number of amides is 1. The van der Waals surface area contributed by atoms with Crippen LogP contribution in [0.2, 0.25) is 0 Å². The summed E-state index contributed by atoms with van der Waals surface area (Å²) in [6.45, 7) is 10.9. The van der Waals surface area contributed by atoms with Gasteiger partial charge in [-0.15, -0.1) is 0 Å². The highest BCUT2D eigenvalue weighted by Gasteiger charge is 2.33. The Labute approximate surface area is 100 Å². The third-order valence-electron chi connectivity index (χ3n) is 3.43.